The summed E-state index contributed by atoms with van der Waals surface area (Å²) in [7, 11) is 1.50. The molecule has 0 bridgehead atoms. The molecule has 1 aromatic heterocycles. The van der Waals surface area contributed by atoms with Crippen LogP contribution >= 0.6 is 0 Å². The standard InChI is InChI=1S/C14H23N5O2/c1-11-17-12(15-5-6-16-14(20)10-21-2)9-13(18-11)19-7-3-4-8-19/h9H,3-8,10H2,1-2H3,(H,16,20)(H,15,17,18). The quantitative estimate of drug-likeness (QED) is 0.715. The van der Waals surface area contributed by atoms with Crippen LogP contribution in [-0.4, -0.2) is 55.8 Å². The summed E-state index contributed by atoms with van der Waals surface area (Å²) in [4.78, 5) is 22.4. The van der Waals surface area contributed by atoms with Crippen molar-refractivity contribution < 1.29 is 9.53 Å². The second kappa shape index (κ2) is 7.78. The average Bonchev–Trinajstić information content (AvgIpc) is 2.97. The summed E-state index contributed by atoms with van der Waals surface area (Å²) >= 11 is 0. The third-order valence-corrected chi connectivity index (χ3v) is 3.28. The Bertz CT molecular complexity index is 474. The molecule has 0 aliphatic carbocycles. The van der Waals surface area contributed by atoms with Crippen molar-refractivity contribution in [3.05, 3.63) is 11.9 Å². The second-order valence-corrected chi connectivity index (χ2v) is 5.06. The van der Waals surface area contributed by atoms with Crippen LogP contribution in [0.5, 0.6) is 0 Å². The highest BCUT2D eigenvalue weighted by molar-refractivity contribution is 5.77. The number of anilines is 2. The maximum absolute atomic E-state index is 11.2. The van der Waals surface area contributed by atoms with Crippen LogP contribution in [0.25, 0.3) is 0 Å². The lowest BCUT2D eigenvalue weighted by atomic mass is 10.4. The number of aromatic nitrogens is 2. The van der Waals surface area contributed by atoms with Crippen molar-refractivity contribution in [2.45, 2.75) is 19.8 Å². The van der Waals surface area contributed by atoms with Crippen LogP contribution in [0.3, 0.4) is 0 Å². The van der Waals surface area contributed by atoms with Crippen molar-refractivity contribution >= 4 is 17.5 Å². The Balaban J connectivity index is 1.84. The van der Waals surface area contributed by atoms with E-state index in [1.165, 1.54) is 20.0 Å². The summed E-state index contributed by atoms with van der Waals surface area (Å²) in [5.74, 6) is 2.41. The predicted octanol–water partition coefficient (Wildman–Crippen LogP) is 0.560. The molecule has 1 saturated heterocycles. The molecule has 1 aliphatic heterocycles. The summed E-state index contributed by atoms with van der Waals surface area (Å²) in [6.07, 6.45) is 2.44. The van der Waals surface area contributed by atoms with Crippen LogP contribution < -0.4 is 15.5 Å². The van der Waals surface area contributed by atoms with Crippen molar-refractivity contribution in [1.29, 1.82) is 0 Å². The third kappa shape index (κ3) is 4.86. The van der Waals surface area contributed by atoms with Gasteiger partial charge in [0.25, 0.3) is 0 Å². The van der Waals surface area contributed by atoms with Gasteiger partial charge in [0.2, 0.25) is 5.91 Å². The molecule has 1 aliphatic rings. The molecule has 116 valence electrons. The number of hydrogen-bond acceptors (Lipinski definition) is 6. The van der Waals surface area contributed by atoms with Crippen molar-refractivity contribution in [2.24, 2.45) is 0 Å². The first-order valence-electron chi connectivity index (χ1n) is 7.29. The summed E-state index contributed by atoms with van der Waals surface area (Å²) in [6, 6.07) is 1.97. The van der Waals surface area contributed by atoms with Crippen LogP contribution in [-0.2, 0) is 9.53 Å². The van der Waals surface area contributed by atoms with Gasteiger partial charge in [0.1, 0.15) is 24.1 Å². The third-order valence-electron chi connectivity index (χ3n) is 3.28. The first-order valence-corrected chi connectivity index (χ1v) is 7.29. The molecular formula is C14H23N5O2. The van der Waals surface area contributed by atoms with Crippen LogP contribution in [0.15, 0.2) is 6.07 Å². The Hall–Kier alpha value is -1.89. The van der Waals surface area contributed by atoms with Crippen LogP contribution in [0.2, 0.25) is 0 Å². The Morgan fingerprint density at radius 3 is 2.81 bits per heavy atom. The van der Waals surface area contributed by atoms with E-state index >= 15 is 0 Å². The fraction of sp³-hybridized carbons (Fsp3) is 0.643. The molecule has 1 amide bonds. The highest BCUT2D eigenvalue weighted by atomic mass is 16.5. The molecular weight excluding hydrogens is 270 g/mol. The highest BCUT2D eigenvalue weighted by Gasteiger charge is 2.14. The van der Waals surface area contributed by atoms with Crippen molar-refractivity contribution in [2.75, 3.05) is 50.1 Å². The van der Waals surface area contributed by atoms with Gasteiger partial charge < -0.3 is 20.3 Å². The maximum Gasteiger partial charge on any atom is 0.246 e. The molecule has 2 heterocycles. The minimum absolute atomic E-state index is 0.0890. The minimum atomic E-state index is -0.115. The average molecular weight is 293 g/mol. The minimum Gasteiger partial charge on any atom is -0.375 e. The van der Waals surface area contributed by atoms with Gasteiger partial charge in [0.15, 0.2) is 0 Å². The van der Waals surface area contributed by atoms with Crippen LogP contribution in [0.1, 0.15) is 18.7 Å². The second-order valence-electron chi connectivity index (χ2n) is 5.06. The monoisotopic (exact) mass is 293 g/mol. The first-order chi connectivity index (χ1) is 10.2. The molecule has 2 rings (SSSR count). The van der Waals surface area contributed by atoms with E-state index in [0.29, 0.717) is 13.1 Å². The highest BCUT2D eigenvalue weighted by Crippen LogP contribution is 2.20. The molecule has 0 atom stereocenters. The molecule has 0 unspecified atom stereocenters. The number of nitrogens with zero attached hydrogens (tertiary/aromatic N) is 3. The molecule has 0 spiro atoms. The molecule has 7 nitrogen and oxygen atoms in total. The number of nitrogens with one attached hydrogen (secondary N) is 2. The van der Waals surface area contributed by atoms with Gasteiger partial charge in [-0.05, 0) is 19.8 Å². The fourth-order valence-corrected chi connectivity index (χ4v) is 2.33. The summed E-state index contributed by atoms with van der Waals surface area (Å²) in [5.41, 5.74) is 0. The van der Waals surface area contributed by atoms with Crippen LogP contribution in [0.4, 0.5) is 11.6 Å². The number of rotatable bonds is 7. The van der Waals surface area contributed by atoms with E-state index in [-0.39, 0.29) is 12.5 Å². The maximum atomic E-state index is 11.2. The van der Waals surface area contributed by atoms with Gasteiger partial charge in [-0.3, -0.25) is 4.79 Å². The number of aryl methyl sites for hydroxylation is 1. The van der Waals surface area contributed by atoms with E-state index in [1.54, 1.807) is 0 Å². The molecule has 1 fully saturated rings. The zero-order chi connectivity index (χ0) is 15.1. The number of methoxy groups -OCH3 is 1. The zero-order valence-electron chi connectivity index (χ0n) is 12.7. The predicted molar refractivity (Wildman–Crippen MR) is 81.6 cm³/mol. The normalized spacial score (nSPS) is 14.3. The van der Waals surface area contributed by atoms with E-state index in [0.717, 1.165) is 30.5 Å². The topological polar surface area (TPSA) is 79.4 Å². The number of carbonyl (C=O) groups is 1. The molecule has 0 radical (unpaired) electrons. The number of ether oxygens (including phenoxy) is 1. The van der Waals surface area contributed by atoms with E-state index in [4.69, 9.17) is 4.74 Å². The Morgan fingerprint density at radius 2 is 2.10 bits per heavy atom. The number of amides is 1. The molecule has 7 heteroatoms. The van der Waals surface area contributed by atoms with E-state index in [2.05, 4.69) is 25.5 Å². The number of carbonyl (C=O) groups excluding carboxylic acids is 1. The van der Waals surface area contributed by atoms with Gasteiger partial charge in [0.05, 0.1) is 0 Å². The van der Waals surface area contributed by atoms with Gasteiger partial charge in [-0.2, -0.15) is 0 Å². The first kappa shape index (κ1) is 15.5. The SMILES string of the molecule is COCC(=O)NCCNc1cc(N2CCCC2)nc(C)n1. The molecule has 0 saturated carbocycles. The van der Waals surface area contributed by atoms with E-state index in [1.807, 2.05) is 13.0 Å². The lowest BCUT2D eigenvalue weighted by Gasteiger charge is -2.17. The van der Waals surface area contributed by atoms with Crippen molar-refractivity contribution in [3.8, 4) is 0 Å². The fourth-order valence-electron chi connectivity index (χ4n) is 2.33. The zero-order valence-corrected chi connectivity index (χ0v) is 12.7. The molecule has 2 N–H and O–H groups in total. The van der Waals surface area contributed by atoms with E-state index in [9.17, 15) is 4.79 Å². The van der Waals surface area contributed by atoms with Gasteiger partial charge in [-0.1, -0.05) is 0 Å². The van der Waals surface area contributed by atoms with Crippen molar-refractivity contribution in [3.63, 3.8) is 0 Å². The van der Waals surface area contributed by atoms with Crippen molar-refractivity contribution in [1.82, 2.24) is 15.3 Å². The number of hydrogen-bond donors (Lipinski definition) is 2. The summed E-state index contributed by atoms with van der Waals surface area (Å²) < 4.78 is 4.75. The lowest BCUT2D eigenvalue weighted by molar-refractivity contribution is -0.124. The molecule has 0 aromatic carbocycles. The van der Waals surface area contributed by atoms with Gasteiger partial charge >= 0.3 is 0 Å². The van der Waals surface area contributed by atoms with Gasteiger partial charge in [0, 0.05) is 39.4 Å². The van der Waals surface area contributed by atoms with E-state index < -0.39 is 0 Å². The van der Waals surface area contributed by atoms with Gasteiger partial charge in [-0.25, -0.2) is 9.97 Å². The lowest BCUT2D eigenvalue weighted by Crippen LogP contribution is -2.31. The van der Waals surface area contributed by atoms with Crippen LogP contribution in [0, 0.1) is 6.92 Å². The Labute approximate surface area is 125 Å². The largest absolute Gasteiger partial charge is 0.375 e. The molecule has 21 heavy (non-hydrogen) atoms. The Morgan fingerprint density at radius 1 is 1.33 bits per heavy atom. The molecule has 1 aromatic rings. The summed E-state index contributed by atoms with van der Waals surface area (Å²) in [5, 5.41) is 5.97. The summed E-state index contributed by atoms with van der Waals surface area (Å²) in [6.45, 7) is 5.25. The smallest absolute Gasteiger partial charge is 0.246 e. The van der Waals surface area contributed by atoms with Gasteiger partial charge in [-0.15, -0.1) is 0 Å². The Kier molecular flexibility index (Phi) is 5.74.